The highest BCUT2D eigenvalue weighted by molar-refractivity contribution is 5.81. The molecule has 1 amide bonds. The molecule has 0 unspecified atom stereocenters. The molecule has 1 N–H and O–H groups in total. The van der Waals surface area contributed by atoms with Gasteiger partial charge in [-0.25, -0.2) is 0 Å². The summed E-state index contributed by atoms with van der Waals surface area (Å²) in [5, 5.41) is 9.20. The maximum atomic E-state index is 12.6. The molecule has 0 aromatic rings. The number of nitrogens with zero attached hydrogens (tertiary/aromatic N) is 2. The number of hydrogen-bond donors (Lipinski definition) is 1. The van der Waals surface area contributed by atoms with Crippen LogP contribution in [0.3, 0.4) is 0 Å². The molecule has 0 spiro atoms. The Morgan fingerprint density at radius 3 is 2.25 bits per heavy atom. The molecule has 5 heteroatoms. The van der Waals surface area contributed by atoms with Crippen LogP contribution in [0.15, 0.2) is 0 Å². The molecule has 5 nitrogen and oxygen atoms in total. The summed E-state index contributed by atoms with van der Waals surface area (Å²) in [4.78, 5) is 27.8. The molecular formula is C15H24N2O3. The van der Waals surface area contributed by atoms with Crippen molar-refractivity contribution in [1.82, 2.24) is 9.80 Å². The fourth-order valence-corrected chi connectivity index (χ4v) is 3.79. The highest BCUT2D eigenvalue weighted by Gasteiger charge is 2.40. The number of rotatable bonds is 5. The van der Waals surface area contributed by atoms with E-state index in [1.807, 2.05) is 4.90 Å². The van der Waals surface area contributed by atoms with E-state index in [0.717, 1.165) is 38.6 Å². The van der Waals surface area contributed by atoms with Gasteiger partial charge in [0, 0.05) is 12.1 Å². The lowest BCUT2D eigenvalue weighted by molar-refractivity contribution is -0.144. The van der Waals surface area contributed by atoms with Crippen LogP contribution < -0.4 is 0 Å². The number of amides is 1. The van der Waals surface area contributed by atoms with E-state index in [0.29, 0.717) is 25.0 Å². The van der Waals surface area contributed by atoms with Crippen LogP contribution in [0.1, 0.15) is 51.4 Å². The van der Waals surface area contributed by atoms with Crippen LogP contribution in [0.25, 0.3) is 0 Å². The second-order valence-corrected chi connectivity index (χ2v) is 6.44. The Labute approximate surface area is 119 Å². The normalized spacial score (nSPS) is 27.9. The number of carboxylic acid groups (broad SMARTS) is 1. The molecule has 0 aromatic carbocycles. The predicted molar refractivity (Wildman–Crippen MR) is 74.4 cm³/mol. The highest BCUT2D eigenvalue weighted by Crippen LogP contribution is 2.34. The largest absolute Gasteiger partial charge is 0.480 e. The topological polar surface area (TPSA) is 60.9 Å². The van der Waals surface area contributed by atoms with Crippen molar-refractivity contribution in [1.29, 1.82) is 0 Å². The van der Waals surface area contributed by atoms with Crippen LogP contribution in [-0.2, 0) is 9.59 Å². The van der Waals surface area contributed by atoms with Crippen molar-refractivity contribution in [2.24, 2.45) is 0 Å². The Morgan fingerprint density at radius 2 is 1.65 bits per heavy atom. The van der Waals surface area contributed by atoms with Gasteiger partial charge in [0.15, 0.2) is 0 Å². The molecule has 1 heterocycles. The number of likely N-dealkylation sites (tertiary alicyclic amines) is 1. The lowest BCUT2D eigenvalue weighted by atomic mass is 10.2. The van der Waals surface area contributed by atoms with E-state index in [9.17, 15) is 14.7 Å². The number of aliphatic carboxylic acids is 1. The lowest BCUT2D eigenvalue weighted by Gasteiger charge is -2.31. The third kappa shape index (κ3) is 2.82. The summed E-state index contributed by atoms with van der Waals surface area (Å²) < 4.78 is 0. The summed E-state index contributed by atoms with van der Waals surface area (Å²) in [7, 11) is 0. The van der Waals surface area contributed by atoms with Crippen LogP contribution in [0.2, 0.25) is 0 Å². The van der Waals surface area contributed by atoms with Crippen LogP contribution in [0, 0.1) is 0 Å². The van der Waals surface area contributed by atoms with E-state index in [1.165, 1.54) is 12.8 Å². The van der Waals surface area contributed by atoms with E-state index >= 15 is 0 Å². The standard InChI is InChI=1S/C15H24N2O3/c18-14(10-16-9-3-6-13(16)15(19)20)17(12-7-8-12)11-4-1-2-5-11/h11-13H,1-10H2,(H,19,20)/t13-/m1/s1. The molecule has 2 aliphatic carbocycles. The van der Waals surface area contributed by atoms with Crippen molar-refractivity contribution < 1.29 is 14.7 Å². The molecule has 2 saturated carbocycles. The third-order valence-electron chi connectivity index (χ3n) is 4.93. The van der Waals surface area contributed by atoms with Crippen molar-refractivity contribution in [3.05, 3.63) is 0 Å². The molecule has 20 heavy (non-hydrogen) atoms. The van der Waals surface area contributed by atoms with Crippen LogP contribution in [-0.4, -0.2) is 58.0 Å². The Balaban J connectivity index is 1.63. The van der Waals surface area contributed by atoms with Gasteiger partial charge in [0.25, 0.3) is 0 Å². The van der Waals surface area contributed by atoms with Gasteiger partial charge >= 0.3 is 5.97 Å². The molecule has 1 saturated heterocycles. The summed E-state index contributed by atoms with van der Waals surface area (Å²) in [6.07, 6.45) is 8.53. The van der Waals surface area contributed by atoms with Crippen LogP contribution in [0.4, 0.5) is 0 Å². The van der Waals surface area contributed by atoms with Crippen LogP contribution in [0.5, 0.6) is 0 Å². The minimum absolute atomic E-state index is 0.160. The van der Waals surface area contributed by atoms with E-state index in [1.54, 1.807) is 0 Å². The molecule has 1 aliphatic heterocycles. The van der Waals surface area contributed by atoms with Crippen molar-refractivity contribution >= 4 is 11.9 Å². The van der Waals surface area contributed by atoms with Gasteiger partial charge in [-0.2, -0.15) is 0 Å². The first-order valence-corrected chi connectivity index (χ1v) is 7.95. The average Bonchev–Trinajstić information content (AvgIpc) is 2.91. The van der Waals surface area contributed by atoms with Crippen molar-refractivity contribution in [3.63, 3.8) is 0 Å². The van der Waals surface area contributed by atoms with Gasteiger partial charge in [0.2, 0.25) is 5.91 Å². The fourth-order valence-electron chi connectivity index (χ4n) is 3.79. The molecule has 3 rings (SSSR count). The maximum absolute atomic E-state index is 12.6. The SMILES string of the molecule is O=C(O)[C@H]1CCCN1CC(=O)N(C1CCCC1)C1CC1. The third-order valence-corrected chi connectivity index (χ3v) is 4.93. The Kier molecular flexibility index (Phi) is 3.96. The molecule has 0 bridgehead atoms. The average molecular weight is 280 g/mol. The molecule has 1 atom stereocenters. The second-order valence-electron chi connectivity index (χ2n) is 6.44. The Hall–Kier alpha value is -1.10. The molecule has 0 radical (unpaired) electrons. The monoisotopic (exact) mass is 280 g/mol. The van der Waals surface area contributed by atoms with Gasteiger partial charge < -0.3 is 10.0 Å². The summed E-state index contributed by atoms with van der Waals surface area (Å²) in [5.41, 5.74) is 0. The van der Waals surface area contributed by atoms with Gasteiger partial charge in [-0.15, -0.1) is 0 Å². The quantitative estimate of drug-likeness (QED) is 0.828. The zero-order chi connectivity index (χ0) is 14.1. The Morgan fingerprint density at radius 1 is 1.00 bits per heavy atom. The molecule has 3 fully saturated rings. The molecule has 112 valence electrons. The van der Waals surface area contributed by atoms with Gasteiger partial charge in [0.05, 0.1) is 6.54 Å². The van der Waals surface area contributed by atoms with Gasteiger partial charge in [-0.3, -0.25) is 14.5 Å². The first kappa shape index (κ1) is 13.9. The molecule has 3 aliphatic rings. The van der Waals surface area contributed by atoms with Crippen LogP contribution >= 0.6 is 0 Å². The van der Waals surface area contributed by atoms with Gasteiger partial charge in [-0.05, 0) is 45.1 Å². The highest BCUT2D eigenvalue weighted by atomic mass is 16.4. The first-order valence-electron chi connectivity index (χ1n) is 7.95. The number of carboxylic acids is 1. The summed E-state index contributed by atoms with van der Waals surface area (Å²) in [6.45, 7) is 1.04. The smallest absolute Gasteiger partial charge is 0.320 e. The second kappa shape index (κ2) is 5.72. The van der Waals surface area contributed by atoms with E-state index in [2.05, 4.69) is 4.90 Å². The summed E-state index contributed by atoms with van der Waals surface area (Å²) >= 11 is 0. The first-order chi connectivity index (χ1) is 9.66. The zero-order valence-corrected chi connectivity index (χ0v) is 12.0. The summed E-state index contributed by atoms with van der Waals surface area (Å²) in [6, 6.07) is 0.404. The van der Waals surface area contributed by atoms with Gasteiger partial charge in [-0.1, -0.05) is 12.8 Å². The number of carbonyl (C=O) groups is 2. The molecular weight excluding hydrogens is 256 g/mol. The zero-order valence-electron chi connectivity index (χ0n) is 12.0. The Bertz CT molecular complexity index is 389. The minimum atomic E-state index is -0.783. The number of hydrogen-bond acceptors (Lipinski definition) is 3. The maximum Gasteiger partial charge on any atom is 0.320 e. The van der Waals surface area contributed by atoms with Crippen molar-refractivity contribution in [2.45, 2.75) is 69.5 Å². The fraction of sp³-hybridized carbons (Fsp3) is 0.867. The van der Waals surface area contributed by atoms with E-state index < -0.39 is 12.0 Å². The van der Waals surface area contributed by atoms with Crippen molar-refractivity contribution in [3.8, 4) is 0 Å². The van der Waals surface area contributed by atoms with Crippen molar-refractivity contribution in [2.75, 3.05) is 13.1 Å². The summed E-state index contributed by atoms with van der Waals surface area (Å²) in [5.74, 6) is -0.623. The van der Waals surface area contributed by atoms with Gasteiger partial charge in [0.1, 0.15) is 6.04 Å². The lowest BCUT2D eigenvalue weighted by Crippen LogP contribution is -2.48. The predicted octanol–water partition coefficient (Wildman–Crippen LogP) is 1.47. The van der Waals surface area contributed by atoms with E-state index in [4.69, 9.17) is 0 Å². The minimum Gasteiger partial charge on any atom is -0.480 e. The number of carbonyl (C=O) groups excluding carboxylic acids is 1. The molecule has 0 aromatic heterocycles. The van der Waals surface area contributed by atoms with E-state index in [-0.39, 0.29) is 5.91 Å².